The van der Waals surface area contributed by atoms with E-state index in [1.165, 1.54) is 25.3 Å². The topological polar surface area (TPSA) is 30.3 Å². The molecular weight excluding hydrogens is 253 g/mol. The molecule has 0 amide bonds. The molecule has 2 atom stereocenters. The summed E-state index contributed by atoms with van der Waals surface area (Å²) in [5.41, 5.74) is 1.32. The molecule has 3 rings (SSSR count). The Morgan fingerprint density at radius 2 is 2.05 bits per heavy atom. The molecule has 2 aliphatic rings. The summed E-state index contributed by atoms with van der Waals surface area (Å²) >= 11 is 0. The Bertz CT molecular complexity index is 537. The van der Waals surface area contributed by atoms with Gasteiger partial charge in [-0.15, -0.1) is 0 Å². The maximum absolute atomic E-state index is 13.5. The van der Waals surface area contributed by atoms with Crippen molar-refractivity contribution in [2.24, 2.45) is 0 Å². The highest BCUT2D eigenvalue weighted by Gasteiger charge is 2.34. The Morgan fingerprint density at radius 3 is 2.85 bits per heavy atom. The van der Waals surface area contributed by atoms with Crippen LogP contribution < -0.4 is 0 Å². The molecule has 2 fully saturated rings. The summed E-state index contributed by atoms with van der Waals surface area (Å²) in [6, 6.07) is 8.02. The van der Waals surface area contributed by atoms with Gasteiger partial charge >= 0.3 is 0 Å². The standard InChI is InChI=1S/C16H20FN3/c1-19-15-2-3-16(19)11-20(5-4-15)10-13-6-12(9-18)7-14(17)8-13/h6-8,15-16H,2-5,10-11H2,1H3. The number of rotatable bonds is 2. The van der Waals surface area contributed by atoms with Crippen LogP contribution in [0.5, 0.6) is 0 Å². The van der Waals surface area contributed by atoms with Gasteiger partial charge in [-0.25, -0.2) is 4.39 Å². The number of halogens is 1. The van der Waals surface area contributed by atoms with E-state index >= 15 is 0 Å². The molecule has 1 aromatic carbocycles. The summed E-state index contributed by atoms with van der Waals surface area (Å²) in [6.45, 7) is 2.85. The molecule has 0 saturated carbocycles. The van der Waals surface area contributed by atoms with Crippen LogP contribution in [-0.2, 0) is 6.54 Å². The number of hydrogen-bond acceptors (Lipinski definition) is 3. The lowest BCUT2D eigenvalue weighted by Crippen LogP contribution is -2.36. The van der Waals surface area contributed by atoms with Crippen LogP contribution in [0.1, 0.15) is 30.4 Å². The molecule has 20 heavy (non-hydrogen) atoms. The molecule has 0 aromatic heterocycles. The Hall–Kier alpha value is -1.44. The van der Waals surface area contributed by atoms with Crippen LogP contribution in [0, 0.1) is 17.1 Å². The third-order valence-electron chi connectivity index (χ3n) is 4.73. The number of likely N-dealkylation sites (tertiary alicyclic amines) is 1. The van der Waals surface area contributed by atoms with Gasteiger partial charge in [0.25, 0.3) is 0 Å². The molecule has 2 heterocycles. The van der Waals surface area contributed by atoms with Gasteiger partial charge in [-0.2, -0.15) is 5.26 Å². The van der Waals surface area contributed by atoms with Crippen LogP contribution in [0.2, 0.25) is 0 Å². The molecule has 0 N–H and O–H groups in total. The molecule has 2 saturated heterocycles. The van der Waals surface area contributed by atoms with Gasteiger partial charge in [0.15, 0.2) is 0 Å². The zero-order valence-corrected chi connectivity index (χ0v) is 11.8. The second-order valence-corrected chi connectivity index (χ2v) is 6.03. The monoisotopic (exact) mass is 273 g/mol. The summed E-state index contributed by atoms with van der Waals surface area (Å²) in [5.74, 6) is -0.312. The van der Waals surface area contributed by atoms with E-state index in [0.29, 0.717) is 17.6 Å². The van der Waals surface area contributed by atoms with Crippen molar-refractivity contribution < 1.29 is 4.39 Å². The minimum absolute atomic E-state index is 0.312. The third kappa shape index (κ3) is 2.70. The van der Waals surface area contributed by atoms with Gasteiger partial charge in [-0.3, -0.25) is 9.80 Å². The normalized spacial score (nSPS) is 27.2. The lowest BCUT2D eigenvalue weighted by molar-refractivity contribution is 0.214. The van der Waals surface area contributed by atoms with Crippen molar-refractivity contribution >= 4 is 0 Å². The van der Waals surface area contributed by atoms with Crippen molar-refractivity contribution in [1.29, 1.82) is 5.26 Å². The third-order valence-corrected chi connectivity index (χ3v) is 4.73. The average molecular weight is 273 g/mol. The maximum Gasteiger partial charge on any atom is 0.124 e. The summed E-state index contributed by atoms with van der Waals surface area (Å²) in [7, 11) is 2.22. The summed E-state index contributed by atoms with van der Waals surface area (Å²) in [4.78, 5) is 4.91. The molecule has 2 unspecified atom stereocenters. The molecule has 0 radical (unpaired) electrons. The second-order valence-electron chi connectivity index (χ2n) is 6.03. The SMILES string of the molecule is CN1C2CCC1CN(Cc1cc(F)cc(C#N)c1)CC2. The van der Waals surface area contributed by atoms with Crippen molar-refractivity contribution in [1.82, 2.24) is 9.80 Å². The Morgan fingerprint density at radius 1 is 1.25 bits per heavy atom. The van der Waals surface area contributed by atoms with Crippen LogP contribution in [0.15, 0.2) is 18.2 Å². The van der Waals surface area contributed by atoms with E-state index in [-0.39, 0.29) is 5.82 Å². The molecule has 4 heteroatoms. The number of benzene rings is 1. The van der Waals surface area contributed by atoms with Crippen LogP contribution in [-0.4, -0.2) is 42.0 Å². The minimum Gasteiger partial charge on any atom is -0.299 e. The quantitative estimate of drug-likeness (QED) is 0.828. The molecule has 0 aliphatic carbocycles. The van der Waals surface area contributed by atoms with E-state index in [0.717, 1.165) is 25.2 Å². The lowest BCUT2D eigenvalue weighted by Gasteiger charge is -2.25. The Balaban J connectivity index is 1.72. The van der Waals surface area contributed by atoms with Gasteiger partial charge in [-0.1, -0.05) is 0 Å². The largest absolute Gasteiger partial charge is 0.299 e. The predicted octanol–water partition coefficient (Wildman–Crippen LogP) is 2.37. The first kappa shape index (κ1) is 13.5. The van der Waals surface area contributed by atoms with E-state index in [4.69, 9.17) is 5.26 Å². The first-order chi connectivity index (χ1) is 9.65. The van der Waals surface area contributed by atoms with Gasteiger partial charge in [0.2, 0.25) is 0 Å². The van der Waals surface area contributed by atoms with Gasteiger partial charge in [0.1, 0.15) is 5.82 Å². The fourth-order valence-corrected chi connectivity index (χ4v) is 3.59. The van der Waals surface area contributed by atoms with Crippen molar-refractivity contribution in [3.63, 3.8) is 0 Å². The van der Waals surface area contributed by atoms with Gasteiger partial charge < -0.3 is 0 Å². The molecule has 106 valence electrons. The molecule has 1 aromatic rings. The van der Waals surface area contributed by atoms with E-state index in [1.54, 1.807) is 12.1 Å². The Kier molecular flexibility index (Phi) is 3.73. The first-order valence-corrected chi connectivity index (χ1v) is 7.29. The van der Waals surface area contributed by atoms with Crippen molar-refractivity contribution in [3.05, 3.63) is 35.1 Å². The van der Waals surface area contributed by atoms with Crippen molar-refractivity contribution in [3.8, 4) is 6.07 Å². The maximum atomic E-state index is 13.5. The van der Waals surface area contributed by atoms with Crippen molar-refractivity contribution in [2.45, 2.75) is 37.9 Å². The van der Waals surface area contributed by atoms with E-state index < -0.39 is 0 Å². The zero-order chi connectivity index (χ0) is 14.1. The molecule has 0 spiro atoms. The fraction of sp³-hybridized carbons (Fsp3) is 0.562. The van der Waals surface area contributed by atoms with Crippen molar-refractivity contribution in [2.75, 3.05) is 20.1 Å². The lowest BCUT2D eigenvalue weighted by atomic mass is 10.1. The Labute approximate surface area is 119 Å². The number of nitrogens with zero attached hydrogens (tertiary/aromatic N) is 3. The van der Waals surface area contributed by atoms with Crippen LogP contribution in [0.25, 0.3) is 0 Å². The number of likely N-dealkylation sites (N-methyl/N-ethyl adjacent to an activating group) is 1. The second kappa shape index (κ2) is 5.51. The fourth-order valence-electron chi connectivity index (χ4n) is 3.59. The average Bonchev–Trinajstić information content (AvgIpc) is 2.66. The smallest absolute Gasteiger partial charge is 0.124 e. The number of fused-ring (bicyclic) bond motifs is 2. The van der Waals surface area contributed by atoms with Gasteiger partial charge in [0.05, 0.1) is 11.6 Å². The highest BCUT2D eigenvalue weighted by atomic mass is 19.1. The zero-order valence-electron chi connectivity index (χ0n) is 11.8. The van der Waals surface area contributed by atoms with E-state index in [1.807, 2.05) is 6.07 Å². The number of nitriles is 1. The highest BCUT2D eigenvalue weighted by molar-refractivity contribution is 5.33. The van der Waals surface area contributed by atoms with Crippen LogP contribution in [0.3, 0.4) is 0 Å². The summed E-state index contributed by atoms with van der Waals surface area (Å²) in [6.07, 6.45) is 3.77. The predicted molar refractivity (Wildman–Crippen MR) is 75.6 cm³/mol. The molecule has 3 nitrogen and oxygen atoms in total. The van der Waals surface area contributed by atoms with E-state index in [9.17, 15) is 4.39 Å². The van der Waals surface area contributed by atoms with Gasteiger partial charge in [-0.05, 0) is 50.1 Å². The molecular formula is C16H20FN3. The first-order valence-electron chi connectivity index (χ1n) is 7.29. The molecule has 2 aliphatic heterocycles. The summed E-state index contributed by atoms with van der Waals surface area (Å²) in [5, 5.41) is 8.92. The number of hydrogen-bond donors (Lipinski definition) is 0. The molecule has 2 bridgehead atoms. The minimum atomic E-state index is -0.312. The van der Waals surface area contributed by atoms with Gasteiger partial charge in [0, 0.05) is 31.7 Å². The van der Waals surface area contributed by atoms with Crippen LogP contribution in [0.4, 0.5) is 4.39 Å². The van der Waals surface area contributed by atoms with E-state index in [2.05, 4.69) is 16.8 Å². The summed E-state index contributed by atoms with van der Waals surface area (Å²) < 4.78 is 13.5. The highest BCUT2D eigenvalue weighted by Crippen LogP contribution is 2.29. The van der Waals surface area contributed by atoms with Crippen LogP contribution >= 0.6 is 0 Å².